The fraction of sp³-hybridized carbons (Fsp3) is 0. The van der Waals surface area contributed by atoms with Gasteiger partial charge in [0.15, 0.2) is 0 Å². The van der Waals surface area contributed by atoms with Crippen molar-refractivity contribution in [3.8, 4) is 84.2 Å². The van der Waals surface area contributed by atoms with Crippen LogP contribution in [0.5, 0.6) is 11.6 Å². The average Bonchev–Trinajstić information content (AvgIpc) is 3.67. The van der Waals surface area contributed by atoms with Gasteiger partial charge in [-0.15, -0.1) is 23.3 Å². The van der Waals surface area contributed by atoms with Crippen LogP contribution in [0.15, 0.2) is 225 Å². The summed E-state index contributed by atoms with van der Waals surface area (Å²) in [6, 6.07) is 81.4. The molecule has 11 rings (SSSR count). The van der Waals surface area contributed by atoms with Crippen molar-refractivity contribution in [2.45, 2.75) is 0 Å². The van der Waals surface area contributed by atoms with Gasteiger partial charge < -0.3 is 9.30 Å². The zero-order chi connectivity index (χ0) is 41.2. The Morgan fingerprint density at radius 1 is 0.397 bits per heavy atom. The molecule has 0 atom stereocenters. The van der Waals surface area contributed by atoms with E-state index in [1.807, 2.05) is 54.7 Å². The first-order valence-corrected chi connectivity index (χ1v) is 20.7. The molecule has 0 fully saturated rings. The minimum atomic E-state index is 0. The summed E-state index contributed by atoms with van der Waals surface area (Å²) in [6.45, 7) is 0. The summed E-state index contributed by atoms with van der Waals surface area (Å²) < 4.78 is 8.91. The van der Waals surface area contributed by atoms with Crippen molar-refractivity contribution < 1.29 is 25.8 Å². The molecule has 63 heavy (non-hydrogen) atoms. The molecule has 0 saturated carbocycles. The normalized spacial score (nSPS) is 11.0. The standard InChI is InChI=1S/C58H37N3O.Pt/c1-6-16-40(17-7-1)45-26-27-55-53(35-45)54-38-51(44-24-14-5-15-25-44)52(39-56(54)61(55)57-36-46(28-30-59-57)41-18-8-2-9-19-41)49-32-48(43-22-12-4-13-23-43)33-50(34-49)62-58-37-47(29-31-60-58)42-20-10-3-11-21-42;/h1-33,35-38H;/q-2;+2. The quantitative estimate of drug-likeness (QED) is 0.135. The third kappa shape index (κ3) is 7.89. The topological polar surface area (TPSA) is 39.9 Å². The van der Waals surface area contributed by atoms with Gasteiger partial charge in [-0.1, -0.05) is 181 Å². The maximum atomic E-state index is 6.65. The van der Waals surface area contributed by atoms with Crippen LogP contribution < -0.4 is 4.74 Å². The molecular formula is C58H37N3OPt. The molecule has 0 aliphatic carbocycles. The summed E-state index contributed by atoms with van der Waals surface area (Å²) >= 11 is 0. The smallest absolute Gasteiger partial charge is 0.460 e. The Bertz CT molecular complexity index is 3350. The van der Waals surface area contributed by atoms with E-state index in [4.69, 9.17) is 9.72 Å². The van der Waals surface area contributed by atoms with Gasteiger partial charge >= 0.3 is 21.1 Å². The summed E-state index contributed by atoms with van der Waals surface area (Å²) in [4.78, 5) is 9.66. The van der Waals surface area contributed by atoms with Gasteiger partial charge in [0.05, 0.1) is 0 Å². The van der Waals surface area contributed by atoms with Crippen LogP contribution >= 0.6 is 0 Å². The van der Waals surface area contributed by atoms with Gasteiger partial charge in [0.25, 0.3) is 0 Å². The molecule has 0 N–H and O–H groups in total. The Labute approximate surface area is 381 Å². The van der Waals surface area contributed by atoms with E-state index < -0.39 is 0 Å². The Hall–Kier alpha value is -7.65. The average molecular weight is 987 g/mol. The Balaban J connectivity index is 0.00000471. The Morgan fingerprint density at radius 2 is 0.921 bits per heavy atom. The molecule has 3 heterocycles. The number of nitrogens with zero attached hydrogens (tertiary/aromatic N) is 3. The zero-order valence-electron chi connectivity index (χ0n) is 33.9. The van der Waals surface area contributed by atoms with E-state index in [9.17, 15) is 0 Å². The molecule has 4 nitrogen and oxygen atoms in total. The number of ether oxygens (including phenoxy) is 1. The summed E-state index contributed by atoms with van der Waals surface area (Å²) in [5.41, 5.74) is 14.5. The third-order valence-electron chi connectivity index (χ3n) is 11.4. The second kappa shape index (κ2) is 17.4. The van der Waals surface area contributed by atoms with Gasteiger partial charge in [-0.3, -0.25) is 0 Å². The van der Waals surface area contributed by atoms with Gasteiger partial charge in [-0.05, 0) is 74.1 Å². The van der Waals surface area contributed by atoms with Gasteiger partial charge in [-0.2, -0.15) is 12.1 Å². The largest absolute Gasteiger partial charge is 2.00 e. The number of pyridine rings is 2. The van der Waals surface area contributed by atoms with Gasteiger partial charge in [0, 0.05) is 29.7 Å². The van der Waals surface area contributed by atoms with E-state index >= 15 is 0 Å². The maximum absolute atomic E-state index is 6.65. The van der Waals surface area contributed by atoms with E-state index in [-0.39, 0.29) is 21.1 Å². The third-order valence-corrected chi connectivity index (χ3v) is 11.4. The van der Waals surface area contributed by atoms with Crippen molar-refractivity contribution in [3.05, 3.63) is 237 Å². The molecule has 0 amide bonds. The van der Waals surface area contributed by atoms with Crippen molar-refractivity contribution in [3.63, 3.8) is 0 Å². The molecule has 5 heteroatoms. The number of aromatic nitrogens is 3. The SMILES string of the molecule is [Pt+2].[c-]1c(Oc2cc(-c3ccccc3)ccn2)cc(-c2ccccc2)cc1-c1[c-]c2c(cc1-c1ccccc1)c1cc(-c3ccccc3)ccc1n2-c1cc(-c2ccccc2)ccn1. The van der Waals surface area contributed by atoms with Crippen LogP contribution in [0.25, 0.3) is 94.4 Å². The first kappa shape index (κ1) is 39.5. The summed E-state index contributed by atoms with van der Waals surface area (Å²) in [5.74, 6) is 1.85. The predicted molar refractivity (Wildman–Crippen MR) is 253 cm³/mol. The van der Waals surface area contributed by atoms with E-state index in [0.29, 0.717) is 11.6 Å². The molecule has 3 aromatic heterocycles. The maximum Gasteiger partial charge on any atom is 2.00 e. The van der Waals surface area contributed by atoms with Crippen LogP contribution in [0.2, 0.25) is 0 Å². The van der Waals surface area contributed by atoms with Crippen molar-refractivity contribution in [2.75, 3.05) is 0 Å². The summed E-state index contributed by atoms with van der Waals surface area (Å²) in [6.07, 6.45) is 3.69. The molecule has 0 aliphatic rings. The second-order valence-electron chi connectivity index (χ2n) is 15.3. The minimum absolute atomic E-state index is 0. The molecule has 0 unspecified atom stereocenters. The monoisotopic (exact) mass is 986 g/mol. The van der Waals surface area contributed by atoms with E-state index in [2.05, 4.69) is 185 Å². The van der Waals surface area contributed by atoms with Gasteiger partial charge in [0.2, 0.25) is 5.88 Å². The molecular weight excluding hydrogens is 950 g/mol. The van der Waals surface area contributed by atoms with Crippen molar-refractivity contribution in [1.82, 2.24) is 14.5 Å². The second-order valence-corrected chi connectivity index (χ2v) is 15.3. The van der Waals surface area contributed by atoms with Crippen LogP contribution in [0.4, 0.5) is 0 Å². The molecule has 11 aromatic rings. The van der Waals surface area contributed by atoms with Crippen molar-refractivity contribution in [1.29, 1.82) is 0 Å². The molecule has 0 spiro atoms. The molecule has 300 valence electrons. The predicted octanol–water partition coefficient (Wildman–Crippen LogP) is 15.0. The number of hydrogen-bond acceptors (Lipinski definition) is 3. The summed E-state index contributed by atoms with van der Waals surface area (Å²) in [5, 5.41) is 2.19. The van der Waals surface area contributed by atoms with Crippen LogP contribution in [0.3, 0.4) is 0 Å². The molecule has 0 radical (unpaired) electrons. The van der Waals surface area contributed by atoms with Crippen LogP contribution in [0, 0.1) is 12.1 Å². The summed E-state index contributed by atoms with van der Waals surface area (Å²) in [7, 11) is 0. The van der Waals surface area contributed by atoms with E-state index in [1.165, 1.54) is 0 Å². The number of benzene rings is 8. The molecule has 0 saturated heterocycles. The molecule has 0 aliphatic heterocycles. The van der Waals surface area contributed by atoms with E-state index in [0.717, 1.165) is 94.4 Å². The van der Waals surface area contributed by atoms with Crippen LogP contribution in [-0.4, -0.2) is 14.5 Å². The minimum Gasteiger partial charge on any atom is -0.460 e. The molecule has 0 bridgehead atoms. The first-order chi connectivity index (χ1) is 30.7. The number of hydrogen-bond donors (Lipinski definition) is 0. The van der Waals surface area contributed by atoms with Gasteiger partial charge in [-0.25, -0.2) is 21.1 Å². The van der Waals surface area contributed by atoms with E-state index in [1.54, 1.807) is 6.20 Å². The van der Waals surface area contributed by atoms with Crippen molar-refractivity contribution >= 4 is 21.8 Å². The van der Waals surface area contributed by atoms with Gasteiger partial charge in [0.1, 0.15) is 5.82 Å². The Kier molecular flexibility index (Phi) is 10.9. The zero-order valence-corrected chi connectivity index (χ0v) is 36.2. The number of rotatable bonds is 9. The van der Waals surface area contributed by atoms with Crippen LogP contribution in [0.1, 0.15) is 0 Å². The number of fused-ring (bicyclic) bond motifs is 3. The fourth-order valence-corrected chi connectivity index (χ4v) is 8.36. The fourth-order valence-electron chi connectivity index (χ4n) is 8.36. The van der Waals surface area contributed by atoms with Crippen molar-refractivity contribution in [2.24, 2.45) is 0 Å². The molecule has 8 aromatic carbocycles. The Morgan fingerprint density at radius 3 is 1.52 bits per heavy atom. The van der Waals surface area contributed by atoms with Crippen LogP contribution in [-0.2, 0) is 21.1 Å². The first-order valence-electron chi connectivity index (χ1n) is 20.7.